The van der Waals surface area contributed by atoms with Gasteiger partial charge in [-0.3, -0.25) is 19.8 Å². The van der Waals surface area contributed by atoms with E-state index >= 15 is 0 Å². The number of non-ortho nitro benzene ring substituents is 1. The number of benzene rings is 2. The summed E-state index contributed by atoms with van der Waals surface area (Å²) in [4.78, 5) is 24.9. The van der Waals surface area contributed by atoms with Crippen molar-refractivity contribution in [3.8, 4) is 0 Å². The molecule has 1 amide bonds. The quantitative estimate of drug-likeness (QED) is 0.360. The zero-order valence-electron chi connectivity index (χ0n) is 13.8. The van der Waals surface area contributed by atoms with Crippen molar-refractivity contribution >= 4 is 51.7 Å². The van der Waals surface area contributed by atoms with E-state index < -0.39 is 4.92 Å². The second kappa shape index (κ2) is 7.67. The molecule has 1 heterocycles. The average molecular weight is 385 g/mol. The summed E-state index contributed by atoms with van der Waals surface area (Å²) in [5.74, 6) is -0.217. The van der Waals surface area contributed by atoms with Crippen LogP contribution >= 0.6 is 24.0 Å². The average Bonchev–Trinajstić information content (AvgIpc) is 2.88. The highest BCUT2D eigenvalue weighted by Crippen LogP contribution is 2.32. The lowest BCUT2D eigenvalue weighted by Crippen LogP contribution is -2.33. The molecule has 1 saturated heterocycles. The van der Waals surface area contributed by atoms with Gasteiger partial charge in [0, 0.05) is 17.8 Å². The van der Waals surface area contributed by atoms with Crippen LogP contribution in [-0.2, 0) is 4.79 Å². The Bertz CT molecular complexity index is 910. The number of carbonyl (C=O) groups is 1. The molecular formula is C18H15N3O3S2. The Labute approximate surface area is 160 Å². The van der Waals surface area contributed by atoms with Crippen molar-refractivity contribution in [3.05, 3.63) is 74.7 Å². The van der Waals surface area contributed by atoms with Crippen molar-refractivity contribution in [2.45, 2.75) is 6.92 Å². The maximum Gasteiger partial charge on any atom is 0.270 e. The number of thioether (sulfide) groups is 1. The Balaban J connectivity index is 1.73. The van der Waals surface area contributed by atoms with Crippen LogP contribution in [0.4, 0.5) is 11.4 Å². The van der Waals surface area contributed by atoms with Gasteiger partial charge >= 0.3 is 0 Å². The summed E-state index contributed by atoms with van der Waals surface area (Å²) in [5.41, 5.74) is 2.62. The van der Waals surface area contributed by atoms with E-state index in [0.717, 1.165) is 11.3 Å². The smallest absolute Gasteiger partial charge is 0.270 e. The standard InChI is InChI=1S/C18H15N3O3S2/c1-12-5-7-14(8-6-12)19-11-20-17(22)16(26-18(20)25)10-13-3-2-4-15(9-13)21(23)24/h2-10,19H,11H2,1H3. The van der Waals surface area contributed by atoms with Crippen molar-refractivity contribution in [3.63, 3.8) is 0 Å². The molecule has 1 fully saturated rings. The molecular weight excluding hydrogens is 370 g/mol. The van der Waals surface area contributed by atoms with Crippen molar-refractivity contribution in [2.24, 2.45) is 0 Å². The zero-order valence-corrected chi connectivity index (χ0v) is 15.5. The minimum absolute atomic E-state index is 0.0183. The van der Waals surface area contributed by atoms with E-state index in [0.29, 0.717) is 14.8 Å². The Kier molecular flexibility index (Phi) is 5.34. The van der Waals surface area contributed by atoms with E-state index in [2.05, 4.69) is 5.32 Å². The number of rotatable bonds is 5. The first-order valence-electron chi connectivity index (χ1n) is 7.74. The molecule has 26 heavy (non-hydrogen) atoms. The SMILES string of the molecule is Cc1ccc(NCN2C(=O)C(=Cc3cccc([N+](=O)[O-])c3)SC2=S)cc1. The van der Waals surface area contributed by atoms with E-state index in [1.165, 1.54) is 28.8 Å². The number of amides is 1. The molecule has 2 aromatic carbocycles. The maximum atomic E-state index is 12.6. The summed E-state index contributed by atoms with van der Waals surface area (Å²) in [6, 6.07) is 14.0. The zero-order chi connectivity index (χ0) is 18.7. The third kappa shape index (κ3) is 4.09. The molecule has 2 aromatic rings. The lowest BCUT2D eigenvalue weighted by molar-refractivity contribution is -0.384. The summed E-state index contributed by atoms with van der Waals surface area (Å²) < 4.78 is 0.450. The normalized spacial score (nSPS) is 15.6. The van der Waals surface area contributed by atoms with Gasteiger partial charge in [-0.2, -0.15) is 0 Å². The highest BCUT2D eigenvalue weighted by atomic mass is 32.2. The van der Waals surface area contributed by atoms with Crippen LogP contribution in [0, 0.1) is 17.0 Å². The van der Waals surface area contributed by atoms with Gasteiger partial charge in [-0.05, 0) is 30.7 Å². The molecule has 0 bridgehead atoms. The number of thiocarbonyl (C=S) groups is 1. The first-order valence-corrected chi connectivity index (χ1v) is 8.97. The largest absolute Gasteiger partial charge is 0.367 e. The number of nitro benzene ring substituents is 1. The van der Waals surface area contributed by atoms with Gasteiger partial charge in [-0.15, -0.1) is 0 Å². The lowest BCUT2D eigenvalue weighted by Gasteiger charge is -2.16. The van der Waals surface area contributed by atoms with Crippen molar-refractivity contribution in [1.82, 2.24) is 4.90 Å². The third-order valence-corrected chi connectivity index (χ3v) is 5.12. The molecule has 0 radical (unpaired) electrons. The number of nitrogens with zero attached hydrogens (tertiary/aromatic N) is 2. The summed E-state index contributed by atoms with van der Waals surface area (Å²) in [6.45, 7) is 2.27. The molecule has 0 unspecified atom stereocenters. The predicted molar refractivity (Wildman–Crippen MR) is 108 cm³/mol. The summed E-state index contributed by atoms with van der Waals surface area (Å²) in [7, 11) is 0. The lowest BCUT2D eigenvalue weighted by atomic mass is 10.2. The van der Waals surface area contributed by atoms with Crippen molar-refractivity contribution in [2.75, 3.05) is 12.0 Å². The van der Waals surface area contributed by atoms with Crippen LogP contribution in [0.5, 0.6) is 0 Å². The van der Waals surface area contributed by atoms with E-state index in [-0.39, 0.29) is 18.3 Å². The molecule has 0 aliphatic carbocycles. The van der Waals surface area contributed by atoms with Gasteiger partial charge < -0.3 is 5.32 Å². The molecule has 1 N–H and O–H groups in total. The van der Waals surface area contributed by atoms with Crippen LogP contribution in [0.2, 0.25) is 0 Å². The molecule has 1 aliphatic heterocycles. The van der Waals surface area contributed by atoms with Gasteiger partial charge in [-0.25, -0.2) is 0 Å². The summed E-state index contributed by atoms with van der Waals surface area (Å²) in [6.07, 6.45) is 1.62. The van der Waals surface area contributed by atoms with Crippen LogP contribution in [0.1, 0.15) is 11.1 Å². The summed E-state index contributed by atoms with van der Waals surface area (Å²) in [5, 5.41) is 14.0. The van der Waals surface area contributed by atoms with Crippen LogP contribution in [0.15, 0.2) is 53.4 Å². The van der Waals surface area contributed by atoms with Gasteiger partial charge in [0.2, 0.25) is 0 Å². The number of hydrogen-bond donors (Lipinski definition) is 1. The van der Waals surface area contributed by atoms with Crippen LogP contribution in [-0.4, -0.2) is 26.7 Å². The van der Waals surface area contributed by atoms with Gasteiger partial charge in [0.25, 0.3) is 11.6 Å². The Morgan fingerprint density at radius 3 is 2.69 bits per heavy atom. The molecule has 1 aliphatic rings. The van der Waals surface area contributed by atoms with Crippen LogP contribution < -0.4 is 5.32 Å². The van der Waals surface area contributed by atoms with Gasteiger partial charge in [0.1, 0.15) is 4.32 Å². The van der Waals surface area contributed by atoms with Gasteiger partial charge in [0.15, 0.2) is 0 Å². The third-order valence-electron chi connectivity index (χ3n) is 3.75. The second-order valence-electron chi connectivity index (χ2n) is 5.66. The Morgan fingerprint density at radius 1 is 1.27 bits per heavy atom. The number of nitrogens with one attached hydrogen (secondary N) is 1. The van der Waals surface area contributed by atoms with E-state index in [9.17, 15) is 14.9 Å². The molecule has 0 spiro atoms. The van der Waals surface area contributed by atoms with Gasteiger partial charge in [0.05, 0.1) is 16.5 Å². The van der Waals surface area contributed by atoms with E-state index in [1.807, 2.05) is 31.2 Å². The second-order valence-corrected chi connectivity index (χ2v) is 7.34. The number of aryl methyl sites for hydroxylation is 1. The van der Waals surface area contributed by atoms with Gasteiger partial charge in [-0.1, -0.05) is 53.8 Å². The molecule has 0 saturated carbocycles. The number of anilines is 1. The summed E-state index contributed by atoms with van der Waals surface area (Å²) >= 11 is 6.48. The Hall–Kier alpha value is -2.71. The minimum Gasteiger partial charge on any atom is -0.367 e. The van der Waals surface area contributed by atoms with Crippen LogP contribution in [0.3, 0.4) is 0 Å². The van der Waals surface area contributed by atoms with Crippen molar-refractivity contribution in [1.29, 1.82) is 0 Å². The van der Waals surface area contributed by atoms with Crippen molar-refractivity contribution < 1.29 is 9.72 Å². The number of hydrogen-bond acceptors (Lipinski definition) is 6. The molecule has 0 aromatic heterocycles. The molecule has 0 atom stereocenters. The van der Waals surface area contributed by atoms with Crippen LogP contribution in [0.25, 0.3) is 6.08 Å². The number of carbonyl (C=O) groups excluding carboxylic acids is 1. The van der Waals surface area contributed by atoms with E-state index in [1.54, 1.807) is 18.2 Å². The topological polar surface area (TPSA) is 75.5 Å². The fourth-order valence-corrected chi connectivity index (χ4v) is 3.61. The highest BCUT2D eigenvalue weighted by molar-refractivity contribution is 8.26. The molecule has 6 nitrogen and oxygen atoms in total. The molecule has 3 rings (SSSR count). The highest BCUT2D eigenvalue weighted by Gasteiger charge is 2.31. The first-order chi connectivity index (χ1) is 12.4. The predicted octanol–water partition coefficient (Wildman–Crippen LogP) is 4.17. The maximum absolute atomic E-state index is 12.6. The first kappa shape index (κ1) is 18.1. The number of nitro groups is 1. The van der Waals surface area contributed by atoms with E-state index in [4.69, 9.17) is 12.2 Å². The Morgan fingerprint density at radius 2 is 2.00 bits per heavy atom. The fraction of sp³-hybridized carbons (Fsp3) is 0.111. The monoisotopic (exact) mass is 385 g/mol. The minimum atomic E-state index is -0.464. The fourth-order valence-electron chi connectivity index (χ4n) is 2.36. The molecule has 8 heteroatoms. The molecule has 132 valence electrons.